The van der Waals surface area contributed by atoms with Crippen LogP contribution in [0.25, 0.3) is 5.70 Å². The van der Waals surface area contributed by atoms with Gasteiger partial charge in [0.25, 0.3) is 0 Å². The SMILES string of the molecule is CCC/C(C#N)=C(/N)c1ccc(C)c(OC)c1. The number of nitrogens with two attached hydrogens (primary N) is 1. The predicted octanol–water partition coefficient (Wildman–Crippen LogP) is 3.00. The van der Waals surface area contributed by atoms with Gasteiger partial charge in [0.05, 0.1) is 24.4 Å². The molecular weight excluding hydrogens is 212 g/mol. The van der Waals surface area contributed by atoms with Gasteiger partial charge in [-0.1, -0.05) is 25.5 Å². The van der Waals surface area contributed by atoms with Crippen LogP contribution in [-0.2, 0) is 0 Å². The van der Waals surface area contributed by atoms with Gasteiger partial charge in [-0.3, -0.25) is 0 Å². The molecule has 0 aliphatic rings. The highest BCUT2D eigenvalue weighted by atomic mass is 16.5. The van der Waals surface area contributed by atoms with E-state index in [1.807, 2.05) is 32.0 Å². The summed E-state index contributed by atoms with van der Waals surface area (Å²) in [5.74, 6) is 0.791. The van der Waals surface area contributed by atoms with Crippen molar-refractivity contribution in [3.05, 3.63) is 34.9 Å². The van der Waals surface area contributed by atoms with Gasteiger partial charge in [0.15, 0.2) is 0 Å². The van der Waals surface area contributed by atoms with Crippen LogP contribution in [0.1, 0.15) is 30.9 Å². The van der Waals surface area contributed by atoms with Crippen LogP contribution in [0.4, 0.5) is 0 Å². The first kappa shape index (κ1) is 13.1. The summed E-state index contributed by atoms with van der Waals surface area (Å²) in [6.45, 7) is 4.00. The zero-order valence-electron chi connectivity index (χ0n) is 10.6. The number of aryl methyl sites for hydroxylation is 1. The average Bonchev–Trinajstić information content (AvgIpc) is 2.35. The highest BCUT2D eigenvalue weighted by Gasteiger charge is 2.07. The summed E-state index contributed by atoms with van der Waals surface area (Å²) in [7, 11) is 1.63. The summed E-state index contributed by atoms with van der Waals surface area (Å²) in [6.07, 6.45) is 1.62. The third kappa shape index (κ3) is 3.01. The number of methoxy groups -OCH3 is 1. The maximum absolute atomic E-state index is 9.05. The minimum atomic E-state index is 0.549. The Balaban J connectivity index is 3.20. The quantitative estimate of drug-likeness (QED) is 0.809. The van der Waals surface area contributed by atoms with Crippen molar-refractivity contribution < 1.29 is 4.74 Å². The molecule has 1 aromatic rings. The van der Waals surface area contributed by atoms with E-state index in [9.17, 15) is 0 Å². The number of hydrogen-bond acceptors (Lipinski definition) is 3. The lowest BCUT2D eigenvalue weighted by atomic mass is 10.0. The standard InChI is InChI=1S/C14H18N2O/c1-4-5-12(9-15)14(16)11-7-6-10(2)13(8-11)17-3/h6-8H,4-5,16H2,1-3H3/b14-12-. The number of ether oxygens (including phenoxy) is 1. The Hall–Kier alpha value is -1.95. The maximum atomic E-state index is 9.05. The van der Waals surface area contributed by atoms with Crippen molar-refractivity contribution in [2.75, 3.05) is 7.11 Å². The van der Waals surface area contributed by atoms with Crippen LogP contribution in [0.15, 0.2) is 23.8 Å². The minimum Gasteiger partial charge on any atom is -0.496 e. The summed E-state index contributed by atoms with van der Waals surface area (Å²) < 4.78 is 5.25. The molecule has 0 spiro atoms. The fraction of sp³-hybridized carbons (Fsp3) is 0.357. The molecule has 0 fully saturated rings. The van der Waals surface area contributed by atoms with E-state index in [1.165, 1.54) is 0 Å². The lowest BCUT2D eigenvalue weighted by molar-refractivity contribution is 0.411. The second-order valence-corrected chi connectivity index (χ2v) is 3.94. The summed E-state index contributed by atoms with van der Waals surface area (Å²) in [4.78, 5) is 0. The van der Waals surface area contributed by atoms with Crippen molar-refractivity contribution in [3.8, 4) is 11.8 Å². The smallest absolute Gasteiger partial charge is 0.122 e. The monoisotopic (exact) mass is 230 g/mol. The molecule has 1 rings (SSSR count). The van der Waals surface area contributed by atoms with Crippen molar-refractivity contribution in [1.29, 1.82) is 5.26 Å². The van der Waals surface area contributed by atoms with Crippen LogP contribution in [0.2, 0.25) is 0 Å². The van der Waals surface area contributed by atoms with E-state index in [1.54, 1.807) is 7.11 Å². The van der Waals surface area contributed by atoms with Gasteiger partial charge in [-0.15, -0.1) is 0 Å². The first-order chi connectivity index (χ1) is 8.13. The fourth-order valence-corrected chi connectivity index (χ4v) is 1.66. The Bertz CT molecular complexity index is 470. The highest BCUT2D eigenvalue weighted by molar-refractivity contribution is 5.70. The van der Waals surface area contributed by atoms with Crippen molar-refractivity contribution in [1.82, 2.24) is 0 Å². The molecule has 0 saturated heterocycles. The topological polar surface area (TPSA) is 59.0 Å². The third-order valence-corrected chi connectivity index (χ3v) is 2.68. The minimum absolute atomic E-state index is 0.549. The Labute approximate surface area is 103 Å². The van der Waals surface area contributed by atoms with Crippen molar-refractivity contribution >= 4 is 5.70 Å². The second-order valence-electron chi connectivity index (χ2n) is 3.94. The molecule has 0 heterocycles. The van der Waals surface area contributed by atoms with Crippen LogP contribution in [-0.4, -0.2) is 7.11 Å². The molecule has 0 atom stereocenters. The van der Waals surface area contributed by atoms with Gasteiger partial charge in [-0.25, -0.2) is 0 Å². The molecule has 0 saturated carbocycles. The zero-order valence-corrected chi connectivity index (χ0v) is 10.6. The Morgan fingerprint density at radius 2 is 2.18 bits per heavy atom. The van der Waals surface area contributed by atoms with Crippen molar-refractivity contribution in [3.63, 3.8) is 0 Å². The number of nitrogens with zero attached hydrogens (tertiary/aromatic N) is 1. The van der Waals surface area contributed by atoms with Crippen molar-refractivity contribution in [2.45, 2.75) is 26.7 Å². The predicted molar refractivity (Wildman–Crippen MR) is 69.4 cm³/mol. The summed E-state index contributed by atoms with van der Waals surface area (Å²) in [5.41, 5.74) is 9.10. The zero-order chi connectivity index (χ0) is 12.8. The van der Waals surface area contributed by atoms with Crippen LogP contribution in [0.3, 0.4) is 0 Å². The van der Waals surface area contributed by atoms with Crippen molar-refractivity contribution in [2.24, 2.45) is 5.73 Å². The number of allylic oxidation sites excluding steroid dienone is 1. The number of rotatable bonds is 4. The molecule has 0 bridgehead atoms. The van der Waals surface area contributed by atoms with Crippen LogP contribution in [0.5, 0.6) is 5.75 Å². The number of nitriles is 1. The van der Waals surface area contributed by atoms with E-state index in [-0.39, 0.29) is 0 Å². The Morgan fingerprint density at radius 3 is 2.71 bits per heavy atom. The first-order valence-electron chi connectivity index (χ1n) is 5.67. The molecule has 0 aromatic heterocycles. The normalized spacial score (nSPS) is 11.6. The number of benzene rings is 1. The molecule has 0 aliphatic carbocycles. The summed E-state index contributed by atoms with van der Waals surface area (Å²) in [6, 6.07) is 7.90. The Kier molecular flexibility index (Phi) is 4.59. The van der Waals surface area contributed by atoms with E-state index < -0.39 is 0 Å². The molecule has 0 radical (unpaired) electrons. The largest absolute Gasteiger partial charge is 0.496 e. The van der Waals surface area contributed by atoms with E-state index in [2.05, 4.69) is 6.07 Å². The van der Waals surface area contributed by atoms with Gasteiger partial charge in [0, 0.05) is 5.56 Å². The van der Waals surface area contributed by atoms with Gasteiger partial charge in [-0.2, -0.15) is 5.26 Å². The third-order valence-electron chi connectivity index (χ3n) is 2.68. The highest BCUT2D eigenvalue weighted by Crippen LogP contribution is 2.24. The van der Waals surface area contributed by atoms with Crippen LogP contribution >= 0.6 is 0 Å². The van der Waals surface area contributed by atoms with E-state index >= 15 is 0 Å². The Morgan fingerprint density at radius 1 is 1.47 bits per heavy atom. The molecule has 2 N–H and O–H groups in total. The molecule has 3 nitrogen and oxygen atoms in total. The van der Waals surface area contributed by atoms with E-state index in [0.29, 0.717) is 17.7 Å². The molecule has 0 amide bonds. The first-order valence-corrected chi connectivity index (χ1v) is 5.67. The van der Waals surface area contributed by atoms with E-state index in [0.717, 1.165) is 23.3 Å². The molecule has 90 valence electrons. The molecule has 0 unspecified atom stereocenters. The van der Waals surface area contributed by atoms with Gasteiger partial charge in [-0.05, 0) is 25.0 Å². The van der Waals surface area contributed by atoms with Gasteiger partial charge < -0.3 is 10.5 Å². The molecular formula is C14H18N2O. The molecule has 0 aliphatic heterocycles. The van der Waals surface area contributed by atoms with Crippen LogP contribution < -0.4 is 10.5 Å². The molecule has 3 heteroatoms. The molecule has 1 aromatic carbocycles. The van der Waals surface area contributed by atoms with Gasteiger partial charge >= 0.3 is 0 Å². The molecule has 17 heavy (non-hydrogen) atoms. The lowest BCUT2D eigenvalue weighted by Crippen LogP contribution is -2.02. The van der Waals surface area contributed by atoms with Crippen LogP contribution in [0, 0.1) is 18.3 Å². The fourth-order valence-electron chi connectivity index (χ4n) is 1.66. The summed E-state index contributed by atoms with van der Waals surface area (Å²) >= 11 is 0. The lowest BCUT2D eigenvalue weighted by Gasteiger charge is -2.09. The maximum Gasteiger partial charge on any atom is 0.122 e. The van der Waals surface area contributed by atoms with E-state index in [4.69, 9.17) is 15.7 Å². The van der Waals surface area contributed by atoms with Gasteiger partial charge in [0.1, 0.15) is 5.75 Å². The second kappa shape index (κ2) is 5.95. The summed E-state index contributed by atoms with van der Waals surface area (Å²) in [5, 5.41) is 9.05. The number of hydrogen-bond donors (Lipinski definition) is 1. The van der Waals surface area contributed by atoms with Gasteiger partial charge in [0.2, 0.25) is 0 Å². The average molecular weight is 230 g/mol.